The Hall–Kier alpha value is -1.06. The lowest BCUT2D eigenvalue weighted by molar-refractivity contribution is 0.245. The van der Waals surface area contributed by atoms with Crippen molar-refractivity contribution < 1.29 is 4.74 Å². The normalized spacial score (nSPS) is 16.4. The van der Waals surface area contributed by atoms with E-state index in [1.807, 2.05) is 19.2 Å². The molecule has 0 bridgehead atoms. The van der Waals surface area contributed by atoms with Crippen molar-refractivity contribution >= 4 is 29.9 Å². The molecule has 1 aromatic carbocycles. The van der Waals surface area contributed by atoms with Gasteiger partial charge in [0.2, 0.25) is 0 Å². The summed E-state index contributed by atoms with van der Waals surface area (Å²) in [6.07, 6.45) is 2.55. The Morgan fingerprint density at radius 3 is 2.29 bits per heavy atom. The quantitative estimate of drug-likeness (QED) is 0.221. The van der Waals surface area contributed by atoms with Crippen LogP contribution in [0, 0.1) is 0 Å². The number of hydrogen-bond acceptors (Lipinski definition) is 4. The highest BCUT2D eigenvalue weighted by molar-refractivity contribution is 14.0. The molecule has 28 heavy (non-hydrogen) atoms. The average Bonchev–Trinajstić information content (AvgIpc) is 3.17. The lowest BCUT2D eigenvalue weighted by Crippen LogP contribution is -2.46. The van der Waals surface area contributed by atoms with Gasteiger partial charge in [0.1, 0.15) is 5.75 Å². The zero-order chi connectivity index (χ0) is 19.7. The van der Waals surface area contributed by atoms with Crippen LogP contribution in [0.25, 0.3) is 0 Å². The van der Waals surface area contributed by atoms with Gasteiger partial charge in [-0.05, 0) is 64.4 Å². The van der Waals surface area contributed by atoms with Gasteiger partial charge in [-0.2, -0.15) is 0 Å². The van der Waals surface area contributed by atoms with Gasteiger partial charge in [-0.25, -0.2) is 0 Å². The molecule has 2 rings (SSSR count). The van der Waals surface area contributed by atoms with Crippen LogP contribution in [0.15, 0.2) is 29.3 Å². The van der Waals surface area contributed by atoms with Crippen LogP contribution in [-0.2, 0) is 0 Å². The fourth-order valence-electron chi connectivity index (χ4n) is 3.37. The monoisotopic (exact) mass is 503 g/mol. The van der Waals surface area contributed by atoms with Gasteiger partial charge in [-0.3, -0.25) is 9.89 Å². The number of guanidine groups is 1. The van der Waals surface area contributed by atoms with E-state index in [2.05, 4.69) is 58.7 Å². The van der Waals surface area contributed by atoms with Gasteiger partial charge in [-0.15, -0.1) is 24.0 Å². The summed E-state index contributed by atoms with van der Waals surface area (Å²) >= 11 is 0. The van der Waals surface area contributed by atoms with Crippen LogP contribution in [0.4, 0.5) is 0 Å². The van der Waals surface area contributed by atoms with Gasteiger partial charge >= 0.3 is 0 Å². The first-order chi connectivity index (χ1) is 12.9. The van der Waals surface area contributed by atoms with Crippen molar-refractivity contribution in [1.29, 1.82) is 0 Å². The third-order valence-electron chi connectivity index (χ3n) is 4.84. The van der Waals surface area contributed by atoms with E-state index in [0.717, 1.165) is 44.4 Å². The second-order valence-corrected chi connectivity index (χ2v) is 8.09. The number of halogens is 1. The van der Waals surface area contributed by atoms with Crippen molar-refractivity contribution in [2.75, 3.05) is 46.9 Å². The predicted molar refractivity (Wildman–Crippen MR) is 129 cm³/mol. The molecule has 6 nitrogen and oxygen atoms in total. The zero-order valence-corrected chi connectivity index (χ0v) is 20.4. The molecule has 7 heteroatoms. The second kappa shape index (κ2) is 12.5. The molecular formula is C21H38IN5O. The van der Waals surface area contributed by atoms with Gasteiger partial charge in [0.25, 0.3) is 0 Å². The van der Waals surface area contributed by atoms with E-state index in [0.29, 0.717) is 6.04 Å². The summed E-state index contributed by atoms with van der Waals surface area (Å²) in [6.45, 7) is 11.4. The Labute approximate surface area is 187 Å². The average molecular weight is 503 g/mol. The van der Waals surface area contributed by atoms with Crippen LogP contribution in [0.3, 0.4) is 0 Å². The lowest BCUT2D eigenvalue weighted by Gasteiger charge is -2.29. The smallest absolute Gasteiger partial charge is 0.191 e. The number of hydrogen-bond donors (Lipinski definition) is 3. The van der Waals surface area contributed by atoms with E-state index in [9.17, 15) is 0 Å². The minimum atomic E-state index is 0. The molecular weight excluding hydrogens is 465 g/mol. The van der Waals surface area contributed by atoms with E-state index < -0.39 is 0 Å². The highest BCUT2D eigenvalue weighted by Gasteiger charge is 2.23. The predicted octanol–water partition coefficient (Wildman–Crippen LogP) is 3.00. The topological polar surface area (TPSA) is 60.9 Å². The number of rotatable bonds is 8. The molecule has 1 saturated heterocycles. The molecule has 1 aliphatic heterocycles. The fourth-order valence-corrected chi connectivity index (χ4v) is 3.37. The summed E-state index contributed by atoms with van der Waals surface area (Å²) in [5, 5.41) is 10.4. The third kappa shape index (κ3) is 8.53. The van der Waals surface area contributed by atoms with Crippen molar-refractivity contribution in [2.24, 2.45) is 4.99 Å². The molecule has 160 valence electrons. The molecule has 1 fully saturated rings. The van der Waals surface area contributed by atoms with Crippen molar-refractivity contribution in [3.8, 4) is 5.75 Å². The van der Waals surface area contributed by atoms with E-state index in [1.165, 1.54) is 18.4 Å². The molecule has 1 aliphatic rings. The molecule has 1 aromatic rings. The Morgan fingerprint density at radius 2 is 1.75 bits per heavy atom. The van der Waals surface area contributed by atoms with E-state index in [4.69, 9.17) is 4.74 Å². The van der Waals surface area contributed by atoms with Crippen LogP contribution in [0.2, 0.25) is 0 Å². The van der Waals surface area contributed by atoms with Crippen molar-refractivity contribution in [2.45, 2.75) is 45.2 Å². The number of nitrogens with one attached hydrogen (secondary N) is 3. The van der Waals surface area contributed by atoms with Crippen LogP contribution in [0.1, 0.15) is 45.2 Å². The van der Waals surface area contributed by atoms with Crippen LogP contribution < -0.4 is 20.7 Å². The first-order valence-electron chi connectivity index (χ1n) is 10.0. The zero-order valence-electron chi connectivity index (χ0n) is 18.0. The molecule has 1 unspecified atom stereocenters. The summed E-state index contributed by atoms with van der Waals surface area (Å²) in [7, 11) is 3.53. The second-order valence-electron chi connectivity index (χ2n) is 8.09. The molecule has 0 spiro atoms. The lowest BCUT2D eigenvalue weighted by atomic mass is 10.1. The number of methoxy groups -OCH3 is 1. The number of nitrogens with zero attached hydrogens (tertiary/aromatic N) is 2. The Morgan fingerprint density at radius 1 is 1.11 bits per heavy atom. The van der Waals surface area contributed by atoms with Crippen molar-refractivity contribution in [3.63, 3.8) is 0 Å². The molecule has 0 amide bonds. The Bertz CT molecular complexity index is 579. The molecule has 0 saturated carbocycles. The van der Waals surface area contributed by atoms with Gasteiger partial charge in [-0.1, -0.05) is 12.1 Å². The Kier molecular flexibility index (Phi) is 11.1. The number of benzene rings is 1. The summed E-state index contributed by atoms with van der Waals surface area (Å²) in [5.74, 6) is 1.75. The first kappa shape index (κ1) is 25.0. The number of likely N-dealkylation sites (tertiary alicyclic amines) is 1. The molecule has 0 aromatic heterocycles. The van der Waals surface area contributed by atoms with Gasteiger partial charge < -0.3 is 20.7 Å². The summed E-state index contributed by atoms with van der Waals surface area (Å²) < 4.78 is 5.30. The maximum absolute atomic E-state index is 5.30. The minimum absolute atomic E-state index is 0. The van der Waals surface area contributed by atoms with Gasteiger partial charge in [0.05, 0.1) is 13.2 Å². The van der Waals surface area contributed by atoms with Crippen molar-refractivity contribution in [3.05, 3.63) is 29.8 Å². The molecule has 0 aliphatic carbocycles. The molecule has 1 atom stereocenters. The largest absolute Gasteiger partial charge is 0.497 e. The maximum atomic E-state index is 5.30. The summed E-state index contributed by atoms with van der Waals surface area (Å²) in [6, 6.07) is 8.78. The first-order valence-corrected chi connectivity index (χ1v) is 10.0. The third-order valence-corrected chi connectivity index (χ3v) is 4.84. The fraction of sp³-hybridized carbons (Fsp3) is 0.667. The highest BCUT2D eigenvalue weighted by atomic mass is 127. The van der Waals surface area contributed by atoms with Crippen LogP contribution in [0.5, 0.6) is 5.75 Å². The minimum Gasteiger partial charge on any atom is -0.497 e. The summed E-state index contributed by atoms with van der Waals surface area (Å²) in [5.41, 5.74) is 1.45. The van der Waals surface area contributed by atoms with E-state index in [1.54, 1.807) is 7.11 Å². The van der Waals surface area contributed by atoms with Crippen LogP contribution >= 0.6 is 24.0 Å². The van der Waals surface area contributed by atoms with Gasteiger partial charge in [0.15, 0.2) is 5.96 Å². The van der Waals surface area contributed by atoms with E-state index in [-0.39, 0.29) is 29.5 Å². The van der Waals surface area contributed by atoms with Crippen molar-refractivity contribution in [1.82, 2.24) is 20.9 Å². The molecule has 1 heterocycles. The standard InChI is InChI=1S/C21H37N5O.HI/c1-21(2,3)25-13-12-23-20(22-4)24-16-19(26-14-6-7-15-26)17-8-10-18(27-5)11-9-17;/h8-11,19,25H,6-7,12-16H2,1-5H3,(H2,22,23,24);1H. The molecule has 3 N–H and O–H groups in total. The number of ether oxygens (including phenoxy) is 1. The highest BCUT2D eigenvalue weighted by Crippen LogP contribution is 2.26. The number of aliphatic imine (C=N–C) groups is 1. The Balaban J connectivity index is 0.00000392. The van der Waals surface area contributed by atoms with Crippen LogP contribution in [-0.4, -0.2) is 63.3 Å². The van der Waals surface area contributed by atoms with E-state index >= 15 is 0 Å². The maximum Gasteiger partial charge on any atom is 0.191 e. The van der Waals surface area contributed by atoms with Gasteiger partial charge in [0, 0.05) is 32.2 Å². The SMILES string of the molecule is CN=C(NCCNC(C)(C)C)NCC(c1ccc(OC)cc1)N1CCCC1.I. The summed E-state index contributed by atoms with van der Waals surface area (Å²) in [4.78, 5) is 6.93. The molecule has 0 radical (unpaired) electrons.